The van der Waals surface area contributed by atoms with Crippen LogP contribution in [0.5, 0.6) is 5.75 Å². The molecule has 0 saturated heterocycles. The molecule has 0 atom stereocenters. The van der Waals surface area contributed by atoms with Crippen LogP contribution in [0.25, 0.3) is 0 Å². The van der Waals surface area contributed by atoms with Crippen molar-refractivity contribution in [1.82, 2.24) is 10.6 Å². The summed E-state index contributed by atoms with van der Waals surface area (Å²) >= 11 is 0. The van der Waals surface area contributed by atoms with E-state index in [1.807, 2.05) is 20.8 Å². The van der Waals surface area contributed by atoms with Gasteiger partial charge in [0.15, 0.2) is 11.6 Å². The number of rotatable bonds is 3. The van der Waals surface area contributed by atoms with Crippen molar-refractivity contribution >= 4 is 6.03 Å². The van der Waals surface area contributed by atoms with Crippen LogP contribution in [0.2, 0.25) is 0 Å². The summed E-state index contributed by atoms with van der Waals surface area (Å²) < 4.78 is 18.3. The molecule has 0 radical (unpaired) electrons. The number of nitrogens with one attached hydrogen (secondary N) is 2. The molecule has 0 aliphatic carbocycles. The van der Waals surface area contributed by atoms with E-state index in [1.165, 1.54) is 12.1 Å². The van der Waals surface area contributed by atoms with Crippen LogP contribution in [-0.2, 0) is 0 Å². The molecule has 0 aromatic heterocycles. The van der Waals surface area contributed by atoms with E-state index in [0.29, 0.717) is 0 Å². The molecule has 2 N–H and O–H groups in total. The minimum atomic E-state index is -0.419. The maximum atomic E-state index is 13.2. The Morgan fingerprint density at radius 2 is 2.00 bits per heavy atom. The Bertz CT molecular complexity index is 513. The molecule has 0 heterocycles. The molecule has 0 fully saturated rings. The molecule has 0 aliphatic rings. The van der Waals surface area contributed by atoms with Gasteiger partial charge in [-0.2, -0.15) is 0 Å². The number of benzene rings is 1. The fraction of sp³-hybridized carbons (Fsp3) is 0.400. The standard InChI is InChI=1S/C15H19FN2O2/c1-15(2,3)18-14(19)17-10-6-7-11-20-13-9-5-4-8-12(13)16/h4-5,8-9H,10-11H2,1-3H3,(H2,17,18,19). The van der Waals surface area contributed by atoms with Crippen molar-refractivity contribution in [2.45, 2.75) is 26.3 Å². The van der Waals surface area contributed by atoms with E-state index >= 15 is 0 Å². The van der Waals surface area contributed by atoms with E-state index in [9.17, 15) is 9.18 Å². The Kier molecular flexibility index (Phi) is 5.85. The topological polar surface area (TPSA) is 50.4 Å². The van der Waals surface area contributed by atoms with Crippen molar-refractivity contribution in [3.05, 3.63) is 30.1 Å². The molecule has 4 nitrogen and oxygen atoms in total. The lowest BCUT2D eigenvalue weighted by atomic mass is 10.1. The van der Waals surface area contributed by atoms with Crippen molar-refractivity contribution < 1.29 is 13.9 Å². The quantitative estimate of drug-likeness (QED) is 0.834. The number of para-hydroxylation sites is 1. The first kappa shape index (κ1) is 15.8. The Hall–Kier alpha value is -2.22. The Morgan fingerprint density at radius 3 is 2.65 bits per heavy atom. The van der Waals surface area contributed by atoms with Crippen LogP contribution in [0.3, 0.4) is 0 Å². The highest BCUT2D eigenvalue weighted by atomic mass is 19.1. The summed E-state index contributed by atoms with van der Waals surface area (Å²) in [5.41, 5.74) is -0.286. The van der Waals surface area contributed by atoms with Crippen LogP contribution in [-0.4, -0.2) is 24.7 Å². The zero-order chi connectivity index (χ0) is 15.0. The minimum absolute atomic E-state index is 0.0729. The third-order valence-corrected chi connectivity index (χ3v) is 2.09. The lowest BCUT2D eigenvalue weighted by Gasteiger charge is -2.20. The number of hydrogen-bond donors (Lipinski definition) is 2. The second-order valence-corrected chi connectivity index (χ2v) is 5.13. The highest BCUT2D eigenvalue weighted by molar-refractivity contribution is 5.74. The normalized spacial score (nSPS) is 10.2. The zero-order valence-electron chi connectivity index (χ0n) is 11.9. The van der Waals surface area contributed by atoms with E-state index in [-0.39, 0.29) is 30.5 Å². The van der Waals surface area contributed by atoms with Gasteiger partial charge in [-0.25, -0.2) is 9.18 Å². The van der Waals surface area contributed by atoms with Gasteiger partial charge in [-0.05, 0) is 32.9 Å². The second-order valence-electron chi connectivity index (χ2n) is 5.13. The lowest BCUT2D eigenvalue weighted by Crippen LogP contribution is -2.46. The van der Waals surface area contributed by atoms with Crippen molar-refractivity contribution in [2.75, 3.05) is 13.2 Å². The van der Waals surface area contributed by atoms with Gasteiger partial charge in [-0.3, -0.25) is 0 Å². The van der Waals surface area contributed by atoms with Crippen molar-refractivity contribution in [1.29, 1.82) is 0 Å². The van der Waals surface area contributed by atoms with Gasteiger partial charge in [0.2, 0.25) is 0 Å². The Labute approximate surface area is 118 Å². The average molecular weight is 278 g/mol. The van der Waals surface area contributed by atoms with Gasteiger partial charge in [-0.1, -0.05) is 24.0 Å². The average Bonchev–Trinajstić information content (AvgIpc) is 2.33. The van der Waals surface area contributed by atoms with Gasteiger partial charge in [-0.15, -0.1) is 0 Å². The largest absolute Gasteiger partial charge is 0.478 e. The van der Waals surface area contributed by atoms with Gasteiger partial charge < -0.3 is 15.4 Å². The molecule has 1 rings (SSSR count). The molecule has 1 aromatic carbocycles. The van der Waals surface area contributed by atoms with Crippen LogP contribution in [0.15, 0.2) is 24.3 Å². The molecule has 5 heteroatoms. The second kappa shape index (κ2) is 7.39. The molecule has 0 aliphatic heterocycles. The highest BCUT2D eigenvalue weighted by Crippen LogP contribution is 2.14. The van der Waals surface area contributed by atoms with Gasteiger partial charge in [0, 0.05) is 5.54 Å². The van der Waals surface area contributed by atoms with Crippen molar-refractivity contribution in [3.8, 4) is 17.6 Å². The van der Waals surface area contributed by atoms with Crippen LogP contribution < -0.4 is 15.4 Å². The number of halogens is 1. The van der Waals surface area contributed by atoms with Gasteiger partial charge in [0.05, 0.1) is 6.54 Å². The molecular weight excluding hydrogens is 259 g/mol. The summed E-state index contributed by atoms with van der Waals surface area (Å²) in [4.78, 5) is 11.4. The maximum Gasteiger partial charge on any atom is 0.315 e. The molecule has 1 aromatic rings. The smallest absolute Gasteiger partial charge is 0.315 e. The van der Waals surface area contributed by atoms with E-state index < -0.39 is 5.82 Å². The third kappa shape index (κ3) is 6.64. The molecule has 20 heavy (non-hydrogen) atoms. The lowest BCUT2D eigenvalue weighted by molar-refractivity contribution is 0.233. The maximum absolute atomic E-state index is 13.2. The Balaban J connectivity index is 2.24. The van der Waals surface area contributed by atoms with Crippen LogP contribution in [0.4, 0.5) is 9.18 Å². The predicted octanol–water partition coefficient (Wildman–Crippen LogP) is 2.31. The fourth-order valence-corrected chi connectivity index (χ4v) is 1.30. The third-order valence-electron chi connectivity index (χ3n) is 2.09. The molecule has 0 spiro atoms. The molecule has 108 valence electrons. The summed E-state index contributed by atoms with van der Waals surface area (Å²) in [5.74, 6) is 5.17. The number of carbonyl (C=O) groups excluding carboxylic acids is 1. The van der Waals surface area contributed by atoms with E-state index in [1.54, 1.807) is 12.1 Å². The summed E-state index contributed by atoms with van der Waals surface area (Å²) in [6, 6.07) is 5.85. The highest BCUT2D eigenvalue weighted by Gasteiger charge is 2.12. The number of amides is 2. The summed E-state index contributed by atoms with van der Waals surface area (Å²) in [6.45, 7) is 5.95. The number of carbonyl (C=O) groups is 1. The molecule has 0 bridgehead atoms. The van der Waals surface area contributed by atoms with Gasteiger partial charge in [0.1, 0.15) is 6.61 Å². The molecule has 0 saturated carbocycles. The van der Waals surface area contributed by atoms with Crippen molar-refractivity contribution in [3.63, 3.8) is 0 Å². The first-order valence-corrected chi connectivity index (χ1v) is 6.27. The number of ether oxygens (including phenoxy) is 1. The van der Waals surface area contributed by atoms with Crippen LogP contribution in [0.1, 0.15) is 20.8 Å². The molecular formula is C15H19FN2O2. The Morgan fingerprint density at radius 1 is 1.30 bits per heavy atom. The minimum Gasteiger partial charge on any atom is -0.478 e. The van der Waals surface area contributed by atoms with E-state index in [0.717, 1.165) is 0 Å². The summed E-state index contributed by atoms with van der Waals surface area (Å²) in [5, 5.41) is 5.34. The first-order valence-electron chi connectivity index (χ1n) is 6.27. The number of hydrogen-bond acceptors (Lipinski definition) is 2. The zero-order valence-corrected chi connectivity index (χ0v) is 11.9. The molecule has 0 unspecified atom stereocenters. The van der Waals surface area contributed by atoms with Crippen molar-refractivity contribution in [2.24, 2.45) is 0 Å². The first-order chi connectivity index (χ1) is 9.38. The van der Waals surface area contributed by atoms with E-state index in [4.69, 9.17) is 4.74 Å². The van der Waals surface area contributed by atoms with Crippen LogP contribution in [0, 0.1) is 17.7 Å². The number of urea groups is 1. The predicted molar refractivity (Wildman–Crippen MR) is 76.0 cm³/mol. The summed E-state index contributed by atoms with van der Waals surface area (Å²) in [7, 11) is 0. The van der Waals surface area contributed by atoms with Gasteiger partial charge >= 0.3 is 6.03 Å². The molecule has 2 amide bonds. The monoisotopic (exact) mass is 278 g/mol. The van der Waals surface area contributed by atoms with Gasteiger partial charge in [0.25, 0.3) is 0 Å². The van der Waals surface area contributed by atoms with Crippen LogP contribution >= 0.6 is 0 Å². The SMILES string of the molecule is CC(C)(C)NC(=O)NCC#CCOc1ccccc1F. The fourth-order valence-electron chi connectivity index (χ4n) is 1.30. The van der Waals surface area contributed by atoms with E-state index in [2.05, 4.69) is 22.5 Å². The summed E-state index contributed by atoms with van der Waals surface area (Å²) in [6.07, 6.45) is 0.